The number of nitrogens with one attached hydrogen (secondary N) is 1. The van der Waals surface area contributed by atoms with Gasteiger partial charge in [-0.3, -0.25) is 9.63 Å². The number of hydrogen-bond donors (Lipinski definition) is 3. The van der Waals surface area contributed by atoms with Crippen LogP contribution in [0, 0.1) is 0 Å². The molecule has 8 nitrogen and oxygen atoms in total. The lowest BCUT2D eigenvalue weighted by molar-refractivity contribution is -0.144. The van der Waals surface area contributed by atoms with E-state index in [1.54, 1.807) is 6.92 Å². The molecule has 15 heavy (non-hydrogen) atoms. The van der Waals surface area contributed by atoms with Gasteiger partial charge in [0.05, 0.1) is 0 Å². The molecule has 0 aromatic heterocycles. The number of amides is 3. The molecular weight excluding hydrogens is 206 g/mol. The van der Waals surface area contributed by atoms with Crippen LogP contribution >= 0.6 is 0 Å². The summed E-state index contributed by atoms with van der Waals surface area (Å²) in [6.07, 6.45) is 0. The normalized spacial score (nSPS) is 9.40. The number of hydrogen-bond acceptors (Lipinski definition) is 4. The fourth-order valence-corrected chi connectivity index (χ4v) is 0.739. The summed E-state index contributed by atoms with van der Waals surface area (Å²) in [6.45, 7) is 0.990. The molecule has 0 heterocycles. The molecule has 0 atom stereocenters. The molecule has 0 aromatic rings. The molecule has 86 valence electrons. The van der Waals surface area contributed by atoms with Gasteiger partial charge in [-0.2, -0.15) is 0 Å². The van der Waals surface area contributed by atoms with Gasteiger partial charge in [0.15, 0.2) is 6.61 Å². The first-order valence-electron chi connectivity index (χ1n) is 4.14. The molecular formula is C7H13N3O5. The number of carbonyl (C=O) groups is 3. The zero-order valence-electron chi connectivity index (χ0n) is 8.23. The summed E-state index contributed by atoms with van der Waals surface area (Å²) in [5.41, 5.74) is 6.76. The van der Waals surface area contributed by atoms with Gasteiger partial charge in [0.2, 0.25) is 5.91 Å². The molecule has 0 spiro atoms. The maximum atomic E-state index is 11.2. The van der Waals surface area contributed by atoms with E-state index in [1.165, 1.54) is 0 Å². The van der Waals surface area contributed by atoms with Crippen LogP contribution in [0.5, 0.6) is 0 Å². The van der Waals surface area contributed by atoms with Crippen LogP contribution in [0.15, 0.2) is 0 Å². The molecule has 0 fully saturated rings. The SMILES string of the molecule is CCN(CC(N)=O)C(=O)NOCC(=O)O. The zero-order chi connectivity index (χ0) is 11.8. The van der Waals surface area contributed by atoms with E-state index in [0.29, 0.717) is 0 Å². The molecule has 0 aliphatic rings. The van der Waals surface area contributed by atoms with Crippen molar-refractivity contribution in [2.75, 3.05) is 19.7 Å². The second kappa shape index (κ2) is 6.60. The molecule has 0 rings (SSSR count). The van der Waals surface area contributed by atoms with Crippen LogP contribution in [0.25, 0.3) is 0 Å². The van der Waals surface area contributed by atoms with Gasteiger partial charge in [0.1, 0.15) is 6.54 Å². The molecule has 3 amide bonds. The fourth-order valence-electron chi connectivity index (χ4n) is 0.739. The van der Waals surface area contributed by atoms with E-state index < -0.39 is 24.5 Å². The number of urea groups is 1. The highest BCUT2D eigenvalue weighted by Crippen LogP contribution is 1.88. The number of likely N-dealkylation sites (N-methyl/N-ethyl adjacent to an activating group) is 1. The first-order valence-corrected chi connectivity index (χ1v) is 4.14. The molecule has 0 aliphatic heterocycles. The monoisotopic (exact) mass is 219 g/mol. The Morgan fingerprint density at radius 2 is 2.07 bits per heavy atom. The van der Waals surface area contributed by atoms with Crippen LogP contribution < -0.4 is 11.2 Å². The number of hydroxylamine groups is 1. The summed E-state index contributed by atoms with van der Waals surface area (Å²) in [5, 5.41) is 8.20. The van der Waals surface area contributed by atoms with Crippen LogP contribution in [-0.4, -0.2) is 47.6 Å². The van der Waals surface area contributed by atoms with Crippen LogP contribution in [0.4, 0.5) is 4.79 Å². The average molecular weight is 219 g/mol. The van der Waals surface area contributed by atoms with E-state index in [-0.39, 0.29) is 13.1 Å². The van der Waals surface area contributed by atoms with Gasteiger partial charge >= 0.3 is 12.0 Å². The first-order chi connectivity index (χ1) is 6.97. The van der Waals surface area contributed by atoms with Gasteiger partial charge in [0, 0.05) is 6.54 Å². The minimum absolute atomic E-state index is 0.251. The maximum absolute atomic E-state index is 11.2. The van der Waals surface area contributed by atoms with Crippen LogP contribution in [0.2, 0.25) is 0 Å². The predicted molar refractivity (Wildman–Crippen MR) is 48.6 cm³/mol. The summed E-state index contributed by atoms with van der Waals surface area (Å²) in [7, 11) is 0. The van der Waals surface area contributed by atoms with Crippen molar-refractivity contribution < 1.29 is 24.3 Å². The third kappa shape index (κ3) is 6.27. The third-order valence-electron chi connectivity index (χ3n) is 1.37. The Hall–Kier alpha value is -1.83. The van der Waals surface area contributed by atoms with Crippen molar-refractivity contribution >= 4 is 17.9 Å². The third-order valence-corrected chi connectivity index (χ3v) is 1.37. The highest BCUT2D eigenvalue weighted by atomic mass is 16.7. The Morgan fingerprint density at radius 1 is 1.47 bits per heavy atom. The molecule has 0 unspecified atom stereocenters. The number of rotatable bonds is 6. The fraction of sp³-hybridized carbons (Fsp3) is 0.571. The highest BCUT2D eigenvalue weighted by molar-refractivity contribution is 5.82. The predicted octanol–water partition coefficient (Wildman–Crippen LogP) is -1.48. The Labute approximate surface area is 85.9 Å². The number of carbonyl (C=O) groups excluding carboxylic acids is 2. The molecule has 0 aromatic carbocycles. The van der Waals surface area contributed by atoms with Crippen molar-refractivity contribution in [3.05, 3.63) is 0 Å². The van der Waals surface area contributed by atoms with Gasteiger partial charge in [-0.05, 0) is 6.92 Å². The van der Waals surface area contributed by atoms with Crippen molar-refractivity contribution in [3.8, 4) is 0 Å². The topological polar surface area (TPSA) is 122 Å². The van der Waals surface area contributed by atoms with E-state index in [4.69, 9.17) is 10.8 Å². The van der Waals surface area contributed by atoms with Crippen LogP contribution in [-0.2, 0) is 14.4 Å². The van der Waals surface area contributed by atoms with E-state index >= 15 is 0 Å². The molecule has 0 aliphatic carbocycles. The molecule has 0 saturated heterocycles. The number of nitrogens with zero attached hydrogens (tertiary/aromatic N) is 1. The standard InChI is InChI=1S/C7H13N3O5/c1-2-10(3-5(8)11)7(14)9-15-4-6(12)13/h2-4H2,1H3,(H2,8,11)(H,9,14)(H,12,13). The molecule has 4 N–H and O–H groups in total. The lowest BCUT2D eigenvalue weighted by atomic mass is 10.5. The Bertz CT molecular complexity index is 255. The minimum atomic E-state index is -1.21. The molecule has 0 saturated carbocycles. The highest BCUT2D eigenvalue weighted by Gasteiger charge is 2.13. The molecule has 8 heteroatoms. The maximum Gasteiger partial charge on any atom is 0.341 e. The number of aliphatic carboxylic acids is 1. The number of carboxylic acid groups (broad SMARTS) is 1. The summed E-state index contributed by atoms with van der Waals surface area (Å²) in [4.78, 5) is 37.1. The van der Waals surface area contributed by atoms with Gasteiger partial charge < -0.3 is 15.7 Å². The second-order valence-corrected chi connectivity index (χ2v) is 2.57. The molecule has 0 radical (unpaired) electrons. The largest absolute Gasteiger partial charge is 0.479 e. The van der Waals surface area contributed by atoms with Crippen LogP contribution in [0.1, 0.15) is 6.92 Å². The van der Waals surface area contributed by atoms with Crippen LogP contribution in [0.3, 0.4) is 0 Å². The van der Waals surface area contributed by atoms with E-state index in [0.717, 1.165) is 4.90 Å². The number of nitrogens with two attached hydrogens (primary N) is 1. The summed E-state index contributed by atoms with van der Waals surface area (Å²) in [6, 6.07) is -0.711. The minimum Gasteiger partial charge on any atom is -0.479 e. The van der Waals surface area contributed by atoms with Crippen molar-refractivity contribution in [1.29, 1.82) is 0 Å². The van der Waals surface area contributed by atoms with Gasteiger partial charge in [0.25, 0.3) is 0 Å². The summed E-state index contributed by atoms with van der Waals surface area (Å²) in [5.74, 6) is -1.88. The first kappa shape index (κ1) is 13.2. The van der Waals surface area contributed by atoms with Crippen molar-refractivity contribution in [3.63, 3.8) is 0 Å². The van der Waals surface area contributed by atoms with E-state index in [9.17, 15) is 14.4 Å². The summed E-state index contributed by atoms with van der Waals surface area (Å²) < 4.78 is 0. The Balaban J connectivity index is 3.93. The number of carboxylic acids is 1. The van der Waals surface area contributed by atoms with Crippen molar-refractivity contribution in [2.24, 2.45) is 5.73 Å². The van der Waals surface area contributed by atoms with E-state index in [2.05, 4.69) is 4.84 Å². The quantitative estimate of drug-likeness (QED) is 0.470. The lowest BCUT2D eigenvalue weighted by Gasteiger charge is -2.18. The summed E-state index contributed by atoms with van der Waals surface area (Å²) >= 11 is 0. The smallest absolute Gasteiger partial charge is 0.341 e. The van der Waals surface area contributed by atoms with Crippen molar-refractivity contribution in [2.45, 2.75) is 6.92 Å². The second-order valence-electron chi connectivity index (χ2n) is 2.57. The van der Waals surface area contributed by atoms with E-state index in [1.807, 2.05) is 5.48 Å². The number of primary amides is 1. The van der Waals surface area contributed by atoms with Gasteiger partial charge in [-0.25, -0.2) is 15.1 Å². The zero-order valence-corrected chi connectivity index (χ0v) is 8.23. The average Bonchev–Trinajstić information content (AvgIpc) is 2.13. The van der Waals surface area contributed by atoms with Crippen molar-refractivity contribution in [1.82, 2.24) is 10.4 Å². The van der Waals surface area contributed by atoms with Gasteiger partial charge in [-0.1, -0.05) is 0 Å². The lowest BCUT2D eigenvalue weighted by Crippen LogP contribution is -2.44. The van der Waals surface area contributed by atoms with Gasteiger partial charge in [-0.15, -0.1) is 0 Å². The Kier molecular flexibility index (Phi) is 5.79. The Morgan fingerprint density at radius 3 is 2.47 bits per heavy atom. The molecule has 0 bridgehead atoms.